The lowest BCUT2D eigenvalue weighted by Crippen LogP contribution is -2.46. The molecule has 20 heavy (non-hydrogen) atoms. The highest BCUT2D eigenvalue weighted by Gasteiger charge is 2.26. The quantitative estimate of drug-likeness (QED) is 0.873. The smallest absolute Gasteiger partial charge is 0.258 e. The second kappa shape index (κ2) is 5.38. The summed E-state index contributed by atoms with van der Waals surface area (Å²) in [5, 5.41) is 0. The van der Waals surface area contributed by atoms with Crippen molar-refractivity contribution in [2.75, 3.05) is 11.4 Å². The van der Waals surface area contributed by atoms with E-state index in [1.807, 2.05) is 48.5 Å². The third-order valence-electron chi connectivity index (χ3n) is 3.52. The average Bonchev–Trinajstić information content (AvgIpc) is 2.46. The molecule has 0 bridgehead atoms. The van der Waals surface area contributed by atoms with Gasteiger partial charge in [0, 0.05) is 28.3 Å². The van der Waals surface area contributed by atoms with Crippen LogP contribution in [0.25, 0.3) is 0 Å². The maximum absolute atomic E-state index is 12.7. The number of para-hydroxylation sites is 1. The largest absolute Gasteiger partial charge is 0.326 e. The monoisotopic (exact) mass is 330 g/mol. The fraction of sp³-hybridized carbons (Fsp3) is 0.188. The van der Waals surface area contributed by atoms with Crippen molar-refractivity contribution in [3.8, 4) is 0 Å². The minimum absolute atomic E-state index is 0.0000926. The lowest BCUT2D eigenvalue weighted by molar-refractivity contribution is 0.0983. The van der Waals surface area contributed by atoms with Crippen LogP contribution in [0.4, 0.5) is 5.69 Å². The molecule has 1 aliphatic heterocycles. The lowest BCUT2D eigenvalue weighted by atomic mass is 9.97. The molecule has 0 saturated carbocycles. The number of hydrogen-bond acceptors (Lipinski definition) is 2. The summed E-state index contributed by atoms with van der Waals surface area (Å²) in [6, 6.07) is 15.4. The molecule has 1 atom stereocenters. The van der Waals surface area contributed by atoms with E-state index in [0.29, 0.717) is 12.1 Å². The topological polar surface area (TPSA) is 46.3 Å². The fourth-order valence-electron chi connectivity index (χ4n) is 2.57. The van der Waals surface area contributed by atoms with E-state index in [1.165, 1.54) is 0 Å². The Bertz CT molecular complexity index is 639. The Hall–Kier alpha value is -1.65. The number of amides is 1. The molecule has 3 nitrogen and oxygen atoms in total. The van der Waals surface area contributed by atoms with E-state index < -0.39 is 0 Å². The summed E-state index contributed by atoms with van der Waals surface area (Å²) < 4.78 is 0.963. The van der Waals surface area contributed by atoms with Gasteiger partial charge in [0.05, 0.1) is 0 Å². The van der Waals surface area contributed by atoms with E-state index in [1.54, 1.807) is 4.90 Å². The first-order chi connectivity index (χ1) is 9.65. The van der Waals surface area contributed by atoms with Crippen LogP contribution in [0.2, 0.25) is 0 Å². The summed E-state index contributed by atoms with van der Waals surface area (Å²) >= 11 is 3.38. The summed E-state index contributed by atoms with van der Waals surface area (Å²) in [6.45, 7) is 0.561. The number of fused-ring (bicyclic) bond motifs is 1. The normalized spacial score (nSPS) is 17.7. The van der Waals surface area contributed by atoms with Gasteiger partial charge >= 0.3 is 0 Å². The third kappa shape index (κ3) is 2.49. The number of nitrogens with zero attached hydrogens (tertiary/aromatic N) is 1. The zero-order chi connectivity index (χ0) is 14.1. The Morgan fingerprint density at radius 1 is 1.15 bits per heavy atom. The first-order valence-electron chi connectivity index (χ1n) is 6.56. The second-order valence-corrected chi connectivity index (χ2v) is 5.93. The molecule has 1 aliphatic rings. The first kappa shape index (κ1) is 13.3. The summed E-state index contributed by atoms with van der Waals surface area (Å²) in [5.74, 6) is 0.0000926. The highest BCUT2D eigenvalue weighted by atomic mass is 79.9. The zero-order valence-corrected chi connectivity index (χ0v) is 12.5. The van der Waals surface area contributed by atoms with Gasteiger partial charge in [-0.15, -0.1) is 0 Å². The number of halogens is 1. The van der Waals surface area contributed by atoms with Crippen molar-refractivity contribution in [3.63, 3.8) is 0 Å². The van der Waals surface area contributed by atoms with Gasteiger partial charge in [0.1, 0.15) is 0 Å². The molecule has 0 fully saturated rings. The Kier molecular flexibility index (Phi) is 3.59. The second-order valence-electron chi connectivity index (χ2n) is 5.02. The predicted molar refractivity (Wildman–Crippen MR) is 83.9 cm³/mol. The standard InChI is InChI=1S/C16H15BrN2O/c17-13-7-5-11(6-8-13)16(20)19-10-14(18)9-12-3-1-2-4-15(12)19/h1-8,14H,9-10,18H2. The number of nitrogens with two attached hydrogens (primary N) is 1. The zero-order valence-electron chi connectivity index (χ0n) is 10.9. The van der Waals surface area contributed by atoms with Crippen molar-refractivity contribution in [3.05, 3.63) is 64.1 Å². The van der Waals surface area contributed by atoms with Crippen LogP contribution in [0.1, 0.15) is 15.9 Å². The molecule has 3 rings (SSSR count). The Morgan fingerprint density at radius 3 is 2.60 bits per heavy atom. The number of hydrogen-bond donors (Lipinski definition) is 1. The molecule has 102 valence electrons. The molecule has 4 heteroatoms. The molecule has 0 aliphatic carbocycles. The van der Waals surface area contributed by atoms with E-state index in [-0.39, 0.29) is 11.9 Å². The molecule has 0 aromatic heterocycles. The molecule has 1 heterocycles. The Labute approximate surface area is 126 Å². The fourth-order valence-corrected chi connectivity index (χ4v) is 2.83. The number of carbonyl (C=O) groups is 1. The van der Waals surface area contributed by atoms with E-state index in [9.17, 15) is 4.79 Å². The van der Waals surface area contributed by atoms with Crippen LogP contribution in [-0.2, 0) is 6.42 Å². The minimum atomic E-state index is -0.00991. The number of benzene rings is 2. The van der Waals surface area contributed by atoms with Gasteiger partial charge in [-0.2, -0.15) is 0 Å². The van der Waals surface area contributed by atoms with Gasteiger partial charge in [-0.25, -0.2) is 0 Å². The molecule has 1 unspecified atom stereocenters. The molecular weight excluding hydrogens is 316 g/mol. The van der Waals surface area contributed by atoms with E-state index in [0.717, 1.165) is 22.1 Å². The van der Waals surface area contributed by atoms with E-state index in [2.05, 4.69) is 15.9 Å². The summed E-state index contributed by atoms with van der Waals surface area (Å²) in [5.41, 5.74) is 8.87. The Balaban J connectivity index is 1.97. The molecular formula is C16H15BrN2O. The van der Waals surface area contributed by atoms with Crippen LogP contribution in [-0.4, -0.2) is 18.5 Å². The van der Waals surface area contributed by atoms with Crippen molar-refractivity contribution in [2.24, 2.45) is 5.73 Å². The van der Waals surface area contributed by atoms with Crippen LogP contribution in [0.3, 0.4) is 0 Å². The number of anilines is 1. The molecule has 0 spiro atoms. The Morgan fingerprint density at radius 2 is 1.85 bits per heavy atom. The average molecular weight is 331 g/mol. The molecule has 0 saturated heterocycles. The van der Waals surface area contributed by atoms with Gasteiger partial charge in [0.2, 0.25) is 0 Å². The first-order valence-corrected chi connectivity index (χ1v) is 7.35. The van der Waals surface area contributed by atoms with Crippen molar-refractivity contribution < 1.29 is 4.79 Å². The predicted octanol–water partition coefficient (Wildman–Crippen LogP) is 2.98. The maximum atomic E-state index is 12.7. The summed E-state index contributed by atoms with van der Waals surface area (Å²) in [6.07, 6.45) is 0.820. The molecule has 1 amide bonds. The van der Waals surface area contributed by atoms with Crippen LogP contribution < -0.4 is 10.6 Å². The molecule has 2 aromatic carbocycles. The highest BCUT2D eigenvalue weighted by Crippen LogP contribution is 2.28. The van der Waals surface area contributed by atoms with E-state index >= 15 is 0 Å². The van der Waals surface area contributed by atoms with Gasteiger partial charge in [-0.05, 0) is 42.3 Å². The van der Waals surface area contributed by atoms with Gasteiger partial charge in [-0.1, -0.05) is 34.1 Å². The van der Waals surface area contributed by atoms with Gasteiger partial charge < -0.3 is 10.6 Å². The maximum Gasteiger partial charge on any atom is 0.258 e. The molecule has 2 aromatic rings. The summed E-state index contributed by atoms with van der Waals surface area (Å²) in [7, 11) is 0. The highest BCUT2D eigenvalue weighted by molar-refractivity contribution is 9.10. The van der Waals surface area contributed by atoms with Crippen molar-refractivity contribution >= 4 is 27.5 Å². The minimum Gasteiger partial charge on any atom is -0.326 e. The van der Waals surface area contributed by atoms with Crippen LogP contribution in [0, 0.1) is 0 Å². The number of carbonyl (C=O) groups excluding carboxylic acids is 1. The van der Waals surface area contributed by atoms with Gasteiger partial charge in [0.25, 0.3) is 5.91 Å². The lowest BCUT2D eigenvalue weighted by Gasteiger charge is -2.33. The van der Waals surface area contributed by atoms with Gasteiger partial charge in [0.15, 0.2) is 0 Å². The van der Waals surface area contributed by atoms with Crippen LogP contribution >= 0.6 is 15.9 Å². The van der Waals surface area contributed by atoms with Gasteiger partial charge in [-0.3, -0.25) is 4.79 Å². The summed E-state index contributed by atoms with van der Waals surface area (Å²) in [4.78, 5) is 14.5. The van der Waals surface area contributed by atoms with Crippen LogP contribution in [0.15, 0.2) is 53.0 Å². The molecule has 2 N–H and O–H groups in total. The molecule has 0 radical (unpaired) electrons. The van der Waals surface area contributed by atoms with Crippen molar-refractivity contribution in [1.29, 1.82) is 0 Å². The number of rotatable bonds is 1. The van der Waals surface area contributed by atoms with Crippen molar-refractivity contribution in [1.82, 2.24) is 0 Å². The van der Waals surface area contributed by atoms with Crippen LogP contribution in [0.5, 0.6) is 0 Å². The van der Waals surface area contributed by atoms with Crippen molar-refractivity contribution in [2.45, 2.75) is 12.5 Å². The SMILES string of the molecule is NC1Cc2ccccc2N(C(=O)c2ccc(Br)cc2)C1. The van der Waals surface area contributed by atoms with E-state index in [4.69, 9.17) is 5.73 Å². The third-order valence-corrected chi connectivity index (χ3v) is 4.05.